The number of nitrogens with two attached hydrogens (primary N) is 1. The van der Waals surface area contributed by atoms with E-state index < -0.39 is 6.04 Å². The second kappa shape index (κ2) is 12.2. The lowest BCUT2D eigenvalue weighted by atomic mass is 9.68. The van der Waals surface area contributed by atoms with Crippen molar-refractivity contribution in [3.05, 3.63) is 0 Å². The van der Waals surface area contributed by atoms with Gasteiger partial charge in [0, 0.05) is 18.4 Å². The first kappa shape index (κ1) is 25.4. The second-order valence-corrected chi connectivity index (χ2v) is 9.74. The lowest BCUT2D eigenvalue weighted by molar-refractivity contribution is -0.128. The Kier molecular flexibility index (Phi) is 11.1. The third-order valence-corrected chi connectivity index (χ3v) is 7.10. The van der Waals surface area contributed by atoms with Gasteiger partial charge in [-0.2, -0.15) is 0 Å². The van der Waals surface area contributed by atoms with E-state index in [4.69, 9.17) is 5.73 Å². The van der Waals surface area contributed by atoms with Gasteiger partial charge in [0.05, 0.1) is 6.04 Å². The summed E-state index contributed by atoms with van der Waals surface area (Å²) in [6.07, 6.45) is 10.9. The average Bonchev–Trinajstić information content (AvgIpc) is 2.64. The van der Waals surface area contributed by atoms with E-state index in [1.54, 1.807) is 6.92 Å². The number of Topliss-reactive ketones (excluding diaryl/α,β-unsaturated/α-hetero) is 1. The minimum atomic E-state index is -0.490. The number of carbonyl (C=O) groups is 2. The van der Waals surface area contributed by atoms with Crippen LogP contribution in [-0.2, 0) is 9.59 Å². The number of amides is 1. The summed E-state index contributed by atoms with van der Waals surface area (Å²) in [6, 6.07) is -0.387. The molecule has 5 heteroatoms. The number of hydrogen-bond donors (Lipinski definition) is 2. The first-order valence-corrected chi connectivity index (χ1v) is 11.4. The van der Waals surface area contributed by atoms with Crippen molar-refractivity contribution in [1.82, 2.24) is 5.32 Å². The molecule has 3 N–H and O–H groups in total. The highest BCUT2D eigenvalue weighted by atomic mass is 35.5. The molecule has 0 spiro atoms. The minimum absolute atomic E-state index is 0. The van der Waals surface area contributed by atoms with Crippen LogP contribution in [0, 0.1) is 29.6 Å². The smallest absolute Gasteiger partial charge is 0.236 e. The van der Waals surface area contributed by atoms with Gasteiger partial charge in [0.1, 0.15) is 5.78 Å². The molecule has 4 nitrogen and oxygen atoms in total. The van der Waals surface area contributed by atoms with E-state index in [0.29, 0.717) is 35.9 Å². The van der Waals surface area contributed by atoms with Gasteiger partial charge < -0.3 is 11.1 Å². The van der Waals surface area contributed by atoms with Crippen LogP contribution in [0.5, 0.6) is 0 Å². The molecular formula is C23H43ClN2O2. The van der Waals surface area contributed by atoms with Crippen molar-refractivity contribution in [2.75, 3.05) is 0 Å². The van der Waals surface area contributed by atoms with E-state index in [-0.39, 0.29) is 30.3 Å². The van der Waals surface area contributed by atoms with E-state index in [0.717, 1.165) is 25.7 Å². The summed E-state index contributed by atoms with van der Waals surface area (Å²) < 4.78 is 0. The highest BCUT2D eigenvalue weighted by molar-refractivity contribution is 5.85. The first-order valence-electron chi connectivity index (χ1n) is 11.4. The number of carbonyl (C=O) groups excluding carboxylic acids is 2. The Morgan fingerprint density at radius 3 is 2.25 bits per heavy atom. The predicted octanol–water partition coefficient (Wildman–Crippen LogP) is 4.88. The van der Waals surface area contributed by atoms with Crippen LogP contribution in [-0.4, -0.2) is 23.8 Å². The Bertz CT molecular complexity index is 489. The first-order chi connectivity index (χ1) is 12.8. The molecule has 0 bridgehead atoms. The number of nitrogens with one attached hydrogen (secondary N) is 1. The molecule has 28 heavy (non-hydrogen) atoms. The largest absolute Gasteiger partial charge is 0.352 e. The van der Waals surface area contributed by atoms with Gasteiger partial charge in [-0.15, -0.1) is 12.4 Å². The van der Waals surface area contributed by atoms with Gasteiger partial charge in [-0.05, 0) is 62.7 Å². The molecule has 2 aliphatic rings. The average molecular weight is 415 g/mol. The predicted molar refractivity (Wildman–Crippen MR) is 118 cm³/mol. The number of hydrogen-bond acceptors (Lipinski definition) is 3. The minimum Gasteiger partial charge on any atom is -0.352 e. The van der Waals surface area contributed by atoms with Crippen LogP contribution in [0.15, 0.2) is 0 Å². The molecule has 1 amide bonds. The summed E-state index contributed by atoms with van der Waals surface area (Å²) in [5, 5.41) is 3.17. The monoisotopic (exact) mass is 414 g/mol. The fraction of sp³-hybridized carbons (Fsp3) is 0.913. The van der Waals surface area contributed by atoms with Crippen LogP contribution in [0.25, 0.3) is 0 Å². The van der Waals surface area contributed by atoms with Crippen molar-refractivity contribution in [2.45, 2.75) is 104 Å². The van der Waals surface area contributed by atoms with E-state index in [2.05, 4.69) is 26.1 Å². The summed E-state index contributed by atoms with van der Waals surface area (Å²) in [5.74, 6) is 2.81. The summed E-state index contributed by atoms with van der Waals surface area (Å²) in [4.78, 5) is 25.3. The lowest BCUT2D eigenvalue weighted by Gasteiger charge is -2.37. The molecule has 0 aromatic rings. The highest BCUT2D eigenvalue weighted by Gasteiger charge is 2.35. The molecule has 5 atom stereocenters. The van der Waals surface area contributed by atoms with Crippen molar-refractivity contribution in [1.29, 1.82) is 0 Å². The standard InChI is InChI=1S/C23H42N2O2.ClH/c1-15(2)19-11-10-16(3)14-20(19)22(26)13-12-21(25-23(27)17(4)24)18-8-6-5-7-9-18;/h15-21H,5-14,24H2,1-4H3,(H,25,27);1H/t16-,17-,19+,20-,21-;/m1./s1. The topological polar surface area (TPSA) is 72.2 Å². The molecule has 2 aliphatic carbocycles. The third kappa shape index (κ3) is 7.33. The fourth-order valence-electron chi connectivity index (χ4n) is 5.33. The van der Waals surface area contributed by atoms with Gasteiger partial charge >= 0.3 is 0 Å². The van der Waals surface area contributed by atoms with Gasteiger partial charge in [0.25, 0.3) is 0 Å². The van der Waals surface area contributed by atoms with Gasteiger partial charge in [-0.3, -0.25) is 9.59 Å². The van der Waals surface area contributed by atoms with Gasteiger partial charge in [-0.1, -0.05) is 46.5 Å². The zero-order valence-electron chi connectivity index (χ0n) is 18.4. The van der Waals surface area contributed by atoms with Gasteiger partial charge in [0.15, 0.2) is 0 Å². The van der Waals surface area contributed by atoms with E-state index in [9.17, 15) is 9.59 Å². The Morgan fingerprint density at radius 2 is 1.68 bits per heavy atom. The summed E-state index contributed by atoms with van der Waals surface area (Å²) >= 11 is 0. The Labute approximate surface area is 178 Å². The zero-order chi connectivity index (χ0) is 20.0. The molecule has 2 saturated carbocycles. The maximum absolute atomic E-state index is 13.1. The number of halogens is 1. The molecule has 2 fully saturated rings. The van der Waals surface area contributed by atoms with Crippen molar-refractivity contribution in [3.8, 4) is 0 Å². The molecule has 0 radical (unpaired) electrons. The van der Waals surface area contributed by atoms with Crippen molar-refractivity contribution < 1.29 is 9.59 Å². The lowest BCUT2D eigenvalue weighted by Crippen LogP contribution is -2.47. The Morgan fingerprint density at radius 1 is 1.04 bits per heavy atom. The Balaban J connectivity index is 0.00000392. The van der Waals surface area contributed by atoms with Gasteiger partial charge in [0.2, 0.25) is 5.91 Å². The van der Waals surface area contributed by atoms with Crippen molar-refractivity contribution >= 4 is 24.1 Å². The molecule has 0 aromatic carbocycles. The van der Waals surface area contributed by atoms with Crippen molar-refractivity contribution in [2.24, 2.45) is 35.3 Å². The normalized spacial score (nSPS) is 28.3. The Hall–Kier alpha value is -0.610. The quantitative estimate of drug-likeness (QED) is 0.594. The van der Waals surface area contributed by atoms with Crippen LogP contribution in [0.1, 0.15) is 91.9 Å². The molecule has 0 aliphatic heterocycles. The highest BCUT2D eigenvalue weighted by Crippen LogP contribution is 2.39. The maximum atomic E-state index is 13.1. The number of ketones is 1. The van der Waals surface area contributed by atoms with E-state index in [1.165, 1.54) is 32.1 Å². The van der Waals surface area contributed by atoms with Crippen LogP contribution < -0.4 is 11.1 Å². The second-order valence-electron chi connectivity index (χ2n) is 9.74. The summed E-state index contributed by atoms with van der Waals surface area (Å²) in [5.41, 5.74) is 5.77. The third-order valence-electron chi connectivity index (χ3n) is 7.10. The molecule has 164 valence electrons. The van der Waals surface area contributed by atoms with E-state index in [1.807, 2.05) is 0 Å². The summed E-state index contributed by atoms with van der Waals surface area (Å²) in [6.45, 7) is 8.53. The van der Waals surface area contributed by atoms with Crippen LogP contribution in [0.2, 0.25) is 0 Å². The van der Waals surface area contributed by atoms with Gasteiger partial charge in [-0.25, -0.2) is 0 Å². The summed E-state index contributed by atoms with van der Waals surface area (Å²) in [7, 11) is 0. The molecule has 0 aromatic heterocycles. The SMILES string of the molecule is CC(C)[C@@H]1CC[C@@H](C)C[C@H]1C(=O)CC[C@@H](NC(=O)[C@@H](C)N)C1CCCCC1.Cl. The van der Waals surface area contributed by atoms with Crippen LogP contribution >= 0.6 is 12.4 Å². The van der Waals surface area contributed by atoms with Crippen LogP contribution in [0.3, 0.4) is 0 Å². The molecular weight excluding hydrogens is 372 g/mol. The van der Waals surface area contributed by atoms with Crippen LogP contribution in [0.4, 0.5) is 0 Å². The molecule has 0 saturated heterocycles. The molecule has 0 unspecified atom stereocenters. The molecule has 2 rings (SSSR count). The zero-order valence-corrected chi connectivity index (χ0v) is 19.2. The fourth-order valence-corrected chi connectivity index (χ4v) is 5.33. The molecule has 0 heterocycles. The number of rotatable bonds is 8. The maximum Gasteiger partial charge on any atom is 0.236 e. The van der Waals surface area contributed by atoms with E-state index >= 15 is 0 Å². The van der Waals surface area contributed by atoms with Crippen molar-refractivity contribution in [3.63, 3.8) is 0 Å².